The summed E-state index contributed by atoms with van der Waals surface area (Å²) >= 11 is 0. The molecule has 14 rings (SSSR count). The third-order valence-electron chi connectivity index (χ3n) is 13.4. The molecule has 0 saturated heterocycles. The molecule has 10 aromatic carbocycles. The van der Waals surface area contributed by atoms with Crippen molar-refractivity contribution in [2.75, 3.05) is 0 Å². The van der Waals surface area contributed by atoms with E-state index in [1.54, 1.807) is 0 Å². The van der Waals surface area contributed by atoms with Crippen molar-refractivity contribution in [3.63, 3.8) is 0 Å². The molecule has 0 unspecified atom stereocenters. The van der Waals surface area contributed by atoms with E-state index in [0.717, 1.165) is 55.6 Å². The van der Waals surface area contributed by atoms with Crippen molar-refractivity contribution < 1.29 is 4.42 Å². The second-order valence-corrected chi connectivity index (χ2v) is 16.9. The van der Waals surface area contributed by atoms with E-state index >= 15 is 0 Å². The highest BCUT2D eigenvalue weighted by molar-refractivity contribution is 6.26. The highest BCUT2D eigenvalue weighted by atomic mass is 16.3. The minimum atomic E-state index is 0.858. The Hall–Kier alpha value is -8.60. The van der Waals surface area contributed by atoms with Crippen LogP contribution < -0.4 is 0 Å². The number of furan rings is 1. The van der Waals surface area contributed by atoms with Crippen LogP contribution in [0.3, 0.4) is 0 Å². The molecule has 0 bridgehead atoms. The molecule has 0 fully saturated rings. The van der Waals surface area contributed by atoms with E-state index in [1.807, 2.05) is 0 Å². The van der Waals surface area contributed by atoms with Gasteiger partial charge in [-0.05, 0) is 89.5 Å². The van der Waals surface area contributed by atoms with Gasteiger partial charge in [-0.1, -0.05) is 152 Å². The predicted molar refractivity (Wildman–Crippen MR) is 268 cm³/mol. The fourth-order valence-electron chi connectivity index (χ4n) is 10.7. The van der Waals surface area contributed by atoms with E-state index in [1.165, 1.54) is 71.0 Å². The zero-order valence-electron chi connectivity index (χ0n) is 34.6. The summed E-state index contributed by atoms with van der Waals surface area (Å²) in [4.78, 5) is 0. The lowest BCUT2D eigenvalue weighted by Gasteiger charge is -2.12. The number of nitrogens with zero attached hydrogens (tertiary/aromatic N) is 3. The lowest BCUT2D eigenvalue weighted by Crippen LogP contribution is -1.96. The molecule has 4 heteroatoms. The molecule has 4 heterocycles. The Labute approximate surface area is 367 Å². The molecule has 64 heavy (non-hydrogen) atoms. The van der Waals surface area contributed by atoms with Crippen molar-refractivity contribution in [2.24, 2.45) is 0 Å². The zero-order chi connectivity index (χ0) is 41.9. The van der Waals surface area contributed by atoms with Crippen LogP contribution in [0, 0.1) is 0 Å². The fourth-order valence-corrected chi connectivity index (χ4v) is 10.7. The first kappa shape index (κ1) is 35.0. The van der Waals surface area contributed by atoms with Crippen LogP contribution in [0.15, 0.2) is 229 Å². The molecule has 4 aromatic heterocycles. The van der Waals surface area contributed by atoms with Gasteiger partial charge in [-0.25, -0.2) is 0 Å². The second-order valence-electron chi connectivity index (χ2n) is 16.9. The first-order valence-corrected chi connectivity index (χ1v) is 21.9. The Kier molecular flexibility index (Phi) is 7.36. The van der Waals surface area contributed by atoms with Gasteiger partial charge in [0.2, 0.25) is 0 Å². The first-order valence-electron chi connectivity index (χ1n) is 21.9. The maximum atomic E-state index is 6.93. The average Bonchev–Trinajstić information content (AvgIpc) is 4.10. The monoisotopic (exact) mass is 815 g/mol. The van der Waals surface area contributed by atoms with Crippen molar-refractivity contribution in [1.29, 1.82) is 0 Å². The van der Waals surface area contributed by atoms with E-state index in [2.05, 4.69) is 238 Å². The van der Waals surface area contributed by atoms with Gasteiger partial charge in [0.25, 0.3) is 0 Å². The SMILES string of the molecule is c1ccc(-c2cccc(-n3c4ccccc4c4c3ccc3c5ccccc5n(-c5ccc6oc7c(-c8ccccc8)cc(-n8c9ccccc9c9ccccc98)cc7c6c5)c34)c2)cc1. The molecule has 0 radical (unpaired) electrons. The number of hydrogen-bond acceptors (Lipinski definition) is 1. The summed E-state index contributed by atoms with van der Waals surface area (Å²) in [5.41, 5.74) is 16.7. The van der Waals surface area contributed by atoms with E-state index < -0.39 is 0 Å². The summed E-state index contributed by atoms with van der Waals surface area (Å²) in [6.45, 7) is 0. The summed E-state index contributed by atoms with van der Waals surface area (Å²) in [5.74, 6) is 0. The number of aromatic nitrogens is 3. The Balaban J connectivity index is 1.06. The third kappa shape index (κ3) is 4.99. The minimum Gasteiger partial charge on any atom is -0.455 e. The maximum absolute atomic E-state index is 6.93. The quantitative estimate of drug-likeness (QED) is 0.170. The first-order chi connectivity index (χ1) is 31.8. The number of fused-ring (bicyclic) bond motifs is 13. The lowest BCUT2D eigenvalue weighted by molar-refractivity contribution is 0.670. The summed E-state index contributed by atoms with van der Waals surface area (Å²) < 4.78 is 14.3. The summed E-state index contributed by atoms with van der Waals surface area (Å²) in [7, 11) is 0. The molecule has 4 nitrogen and oxygen atoms in total. The van der Waals surface area contributed by atoms with Crippen LogP contribution in [-0.2, 0) is 0 Å². The van der Waals surface area contributed by atoms with Crippen molar-refractivity contribution in [1.82, 2.24) is 13.7 Å². The minimum absolute atomic E-state index is 0.858. The van der Waals surface area contributed by atoms with Crippen LogP contribution in [0.2, 0.25) is 0 Å². The van der Waals surface area contributed by atoms with Gasteiger partial charge in [0.1, 0.15) is 11.2 Å². The number of benzene rings is 10. The Morgan fingerprint density at radius 3 is 1.52 bits per heavy atom. The molecule has 0 amide bonds. The Morgan fingerprint density at radius 2 is 0.812 bits per heavy atom. The fraction of sp³-hybridized carbons (Fsp3) is 0. The van der Waals surface area contributed by atoms with E-state index in [4.69, 9.17) is 4.42 Å². The van der Waals surface area contributed by atoms with Crippen LogP contribution in [0.4, 0.5) is 0 Å². The van der Waals surface area contributed by atoms with Gasteiger partial charge < -0.3 is 18.1 Å². The van der Waals surface area contributed by atoms with Crippen molar-refractivity contribution >= 4 is 87.4 Å². The summed E-state index contributed by atoms with van der Waals surface area (Å²) in [6, 6.07) is 81.4. The smallest absolute Gasteiger partial charge is 0.143 e. The lowest BCUT2D eigenvalue weighted by atomic mass is 10.0. The second kappa shape index (κ2) is 13.4. The topological polar surface area (TPSA) is 27.9 Å². The van der Waals surface area contributed by atoms with Crippen LogP contribution in [-0.4, -0.2) is 13.7 Å². The van der Waals surface area contributed by atoms with Gasteiger partial charge in [0.05, 0.1) is 33.1 Å². The van der Waals surface area contributed by atoms with Gasteiger partial charge in [-0.2, -0.15) is 0 Å². The van der Waals surface area contributed by atoms with Crippen molar-refractivity contribution in [2.45, 2.75) is 0 Å². The van der Waals surface area contributed by atoms with Crippen LogP contribution >= 0.6 is 0 Å². The summed E-state index contributed by atoms with van der Waals surface area (Å²) in [5, 5.41) is 9.52. The molecule has 298 valence electrons. The molecule has 0 saturated carbocycles. The van der Waals surface area contributed by atoms with Crippen molar-refractivity contribution in [3.8, 4) is 39.3 Å². The standard InChI is InChI=1S/C60H37N3O/c1-3-16-38(17-4-1)40-20-15-21-41(34-40)61-55-29-14-10-25-48(55)58-56(61)32-31-47-46-24-9-13-28-54(46)63(59(47)58)42-30-33-57-50(35-42)51-37-43(36-49(60(51)64-57)39-18-5-2-6-19-39)62-52-26-11-7-22-44(52)45-23-8-12-27-53(45)62/h1-37H. The molecule has 0 spiro atoms. The molecule has 0 atom stereocenters. The normalized spacial score (nSPS) is 12.1. The number of rotatable bonds is 5. The number of hydrogen-bond donors (Lipinski definition) is 0. The molecule has 0 N–H and O–H groups in total. The van der Waals surface area contributed by atoms with Gasteiger partial charge >= 0.3 is 0 Å². The van der Waals surface area contributed by atoms with Gasteiger partial charge in [0.15, 0.2) is 0 Å². The molecule has 14 aromatic rings. The highest BCUT2D eigenvalue weighted by Gasteiger charge is 2.23. The molecule has 0 aliphatic carbocycles. The Bertz CT molecular complexity index is 4130. The molecule has 0 aliphatic heterocycles. The molecular formula is C60H37N3O. The molecular weight excluding hydrogens is 779 g/mol. The van der Waals surface area contributed by atoms with Gasteiger partial charge in [0, 0.05) is 65.7 Å². The summed E-state index contributed by atoms with van der Waals surface area (Å²) in [6.07, 6.45) is 0. The van der Waals surface area contributed by atoms with E-state index in [9.17, 15) is 0 Å². The van der Waals surface area contributed by atoms with Crippen LogP contribution in [0.1, 0.15) is 0 Å². The number of para-hydroxylation sites is 4. The highest BCUT2D eigenvalue weighted by Crippen LogP contribution is 2.45. The largest absolute Gasteiger partial charge is 0.455 e. The Morgan fingerprint density at radius 1 is 0.281 bits per heavy atom. The van der Waals surface area contributed by atoms with E-state index in [0.29, 0.717) is 0 Å². The van der Waals surface area contributed by atoms with Crippen LogP contribution in [0.5, 0.6) is 0 Å². The third-order valence-corrected chi connectivity index (χ3v) is 13.4. The zero-order valence-corrected chi connectivity index (χ0v) is 34.6. The maximum Gasteiger partial charge on any atom is 0.143 e. The predicted octanol–water partition coefficient (Wildman–Crippen LogP) is 16.2. The van der Waals surface area contributed by atoms with Crippen LogP contribution in [0.25, 0.3) is 127 Å². The van der Waals surface area contributed by atoms with Crippen molar-refractivity contribution in [3.05, 3.63) is 224 Å². The average molecular weight is 816 g/mol. The van der Waals surface area contributed by atoms with Gasteiger partial charge in [-0.15, -0.1) is 0 Å². The van der Waals surface area contributed by atoms with Gasteiger partial charge in [-0.3, -0.25) is 0 Å². The van der Waals surface area contributed by atoms with E-state index in [-0.39, 0.29) is 0 Å². The molecule has 0 aliphatic rings.